The van der Waals surface area contributed by atoms with Crippen molar-refractivity contribution in [1.82, 2.24) is 10.2 Å². The fraction of sp³-hybridized carbons (Fsp3) is 0.588. The molecule has 1 aliphatic carbocycles. The molecule has 2 aliphatic rings. The average molecular weight is 288 g/mol. The van der Waals surface area contributed by atoms with Crippen molar-refractivity contribution in [3.63, 3.8) is 0 Å². The lowest BCUT2D eigenvalue weighted by Crippen LogP contribution is -2.45. The third-order valence-corrected chi connectivity index (χ3v) is 4.54. The second kappa shape index (κ2) is 6.58. The van der Waals surface area contributed by atoms with Gasteiger partial charge in [-0.25, -0.2) is 0 Å². The normalized spacial score (nSPS) is 19.2. The van der Waals surface area contributed by atoms with E-state index in [2.05, 4.69) is 23.5 Å². The molecule has 1 N–H and O–H groups in total. The fourth-order valence-electron chi connectivity index (χ4n) is 3.08. The molecule has 1 heterocycles. The van der Waals surface area contributed by atoms with Crippen LogP contribution in [0.15, 0.2) is 24.3 Å². The van der Waals surface area contributed by atoms with Crippen molar-refractivity contribution >= 4 is 5.91 Å². The van der Waals surface area contributed by atoms with Crippen LogP contribution >= 0.6 is 0 Å². The number of nitrogens with one attached hydrogen (secondary N) is 1. The van der Waals surface area contributed by atoms with Crippen molar-refractivity contribution in [2.75, 3.05) is 26.8 Å². The van der Waals surface area contributed by atoms with Crippen LogP contribution in [0.5, 0.6) is 0 Å². The maximum absolute atomic E-state index is 12.4. The molecule has 1 fully saturated rings. The molecule has 3 rings (SSSR count). The van der Waals surface area contributed by atoms with Gasteiger partial charge in [0.1, 0.15) is 0 Å². The quantitative estimate of drug-likeness (QED) is 0.864. The molecule has 0 radical (unpaired) electrons. The standard InChI is InChI=1S/C17H24N2O2/c1-21-12-16(14-6-7-14)18-10-17(20)19-9-8-13-4-2-3-5-15(13)11-19/h2-5,14,16,18H,6-12H2,1H3/t16-/m1/s1. The summed E-state index contributed by atoms with van der Waals surface area (Å²) >= 11 is 0. The van der Waals surface area contributed by atoms with Crippen LogP contribution in [0, 0.1) is 5.92 Å². The largest absolute Gasteiger partial charge is 0.383 e. The van der Waals surface area contributed by atoms with E-state index in [1.54, 1.807) is 7.11 Å². The molecule has 1 aliphatic heterocycles. The number of hydrogen-bond donors (Lipinski definition) is 1. The molecule has 1 aromatic carbocycles. The predicted molar refractivity (Wildman–Crippen MR) is 82.0 cm³/mol. The highest BCUT2D eigenvalue weighted by atomic mass is 16.5. The lowest BCUT2D eigenvalue weighted by Gasteiger charge is -2.29. The molecule has 114 valence electrons. The van der Waals surface area contributed by atoms with Gasteiger partial charge in [-0.15, -0.1) is 0 Å². The summed E-state index contributed by atoms with van der Waals surface area (Å²) in [6, 6.07) is 8.74. The van der Waals surface area contributed by atoms with Crippen LogP contribution in [-0.4, -0.2) is 43.7 Å². The summed E-state index contributed by atoms with van der Waals surface area (Å²) in [7, 11) is 1.72. The summed E-state index contributed by atoms with van der Waals surface area (Å²) < 4.78 is 5.24. The monoisotopic (exact) mass is 288 g/mol. The van der Waals surface area contributed by atoms with Crippen LogP contribution < -0.4 is 5.32 Å². The highest BCUT2D eigenvalue weighted by Gasteiger charge is 2.31. The van der Waals surface area contributed by atoms with E-state index in [0.717, 1.165) is 19.5 Å². The van der Waals surface area contributed by atoms with Gasteiger partial charge in [0, 0.05) is 26.2 Å². The van der Waals surface area contributed by atoms with E-state index >= 15 is 0 Å². The van der Waals surface area contributed by atoms with Crippen LogP contribution in [0.1, 0.15) is 24.0 Å². The topological polar surface area (TPSA) is 41.6 Å². The van der Waals surface area contributed by atoms with Crippen LogP contribution in [0.2, 0.25) is 0 Å². The Morgan fingerprint density at radius 3 is 2.86 bits per heavy atom. The van der Waals surface area contributed by atoms with E-state index in [1.165, 1.54) is 24.0 Å². The molecule has 1 saturated carbocycles. The second-order valence-corrected chi connectivity index (χ2v) is 6.11. The van der Waals surface area contributed by atoms with Crippen molar-refractivity contribution < 1.29 is 9.53 Å². The molecule has 1 aromatic rings. The summed E-state index contributed by atoms with van der Waals surface area (Å²) in [5.41, 5.74) is 2.66. The SMILES string of the molecule is COC[C@@H](NCC(=O)N1CCc2ccccc2C1)C1CC1. The molecule has 4 heteroatoms. The first kappa shape index (κ1) is 14.5. The number of amides is 1. The molecule has 0 unspecified atom stereocenters. The van der Waals surface area contributed by atoms with Crippen molar-refractivity contribution in [1.29, 1.82) is 0 Å². The summed E-state index contributed by atoms with van der Waals surface area (Å²) in [6.07, 6.45) is 3.48. The number of rotatable bonds is 6. The third kappa shape index (κ3) is 3.63. The predicted octanol–water partition coefficient (Wildman–Crippen LogP) is 1.59. The van der Waals surface area contributed by atoms with Crippen LogP contribution in [0.4, 0.5) is 0 Å². The van der Waals surface area contributed by atoms with Crippen molar-refractivity contribution in [2.24, 2.45) is 5.92 Å². The zero-order valence-corrected chi connectivity index (χ0v) is 12.7. The maximum atomic E-state index is 12.4. The highest BCUT2D eigenvalue weighted by molar-refractivity contribution is 5.78. The number of carbonyl (C=O) groups excluding carboxylic acids is 1. The minimum atomic E-state index is 0.200. The molecule has 0 bridgehead atoms. The van der Waals surface area contributed by atoms with Crippen molar-refractivity contribution in [3.8, 4) is 0 Å². The smallest absolute Gasteiger partial charge is 0.236 e. The van der Waals surface area contributed by atoms with Gasteiger partial charge in [0.25, 0.3) is 0 Å². The van der Waals surface area contributed by atoms with Crippen molar-refractivity contribution in [2.45, 2.75) is 31.8 Å². The maximum Gasteiger partial charge on any atom is 0.236 e. The molecule has 0 saturated heterocycles. The van der Waals surface area contributed by atoms with Gasteiger partial charge < -0.3 is 15.0 Å². The lowest BCUT2D eigenvalue weighted by atomic mass is 10.00. The lowest BCUT2D eigenvalue weighted by molar-refractivity contribution is -0.131. The summed E-state index contributed by atoms with van der Waals surface area (Å²) in [4.78, 5) is 14.3. The molecular formula is C17H24N2O2. The van der Waals surface area contributed by atoms with Crippen LogP contribution in [0.25, 0.3) is 0 Å². The van der Waals surface area contributed by atoms with Gasteiger partial charge in [-0.1, -0.05) is 24.3 Å². The Kier molecular flexibility index (Phi) is 4.56. The number of benzene rings is 1. The van der Waals surface area contributed by atoms with Crippen molar-refractivity contribution in [3.05, 3.63) is 35.4 Å². The Balaban J connectivity index is 1.52. The van der Waals surface area contributed by atoms with E-state index in [1.807, 2.05) is 11.0 Å². The summed E-state index contributed by atoms with van der Waals surface area (Å²) in [6.45, 7) is 2.69. The van der Waals surface area contributed by atoms with Crippen LogP contribution in [-0.2, 0) is 22.5 Å². The second-order valence-electron chi connectivity index (χ2n) is 6.11. The van der Waals surface area contributed by atoms with E-state index < -0.39 is 0 Å². The number of carbonyl (C=O) groups is 1. The molecule has 4 nitrogen and oxygen atoms in total. The number of fused-ring (bicyclic) bond motifs is 1. The Bertz CT molecular complexity index is 499. The van der Waals surface area contributed by atoms with Gasteiger partial charge in [-0.2, -0.15) is 0 Å². The highest BCUT2D eigenvalue weighted by Crippen LogP contribution is 2.32. The Labute approximate surface area is 126 Å². The minimum absolute atomic E-state index is 0.200. The first-order valence-corrected chi connectivity index (χ1v) is 7.85. The fourth-order valence-corrected chi connectivity index (χ4v) is 3.08. The van der Waals surface area contributed by atoms with E-state index in [-0.39, 0.29) is 5.91 Å². The Morgan fingerprint density at radius 2 is 2.14 bits per heavy atom. The van der Waals surface area contributed by atoms with E-state index in [0.29, 0.717) is 25.1 Å². The number of methoxy groups -OCH3 is 1. The number of nitrogens with zero attached hydrogens (tertiary/aromatic N) is 1. The zero-order valence-electron chi connectivity index (χ0n) is 12.7. The Hall–Kier alpha value is -1.39. The first-order valence-electron chi connectivity index (χ1n) is 7.85. The summed E-state index contributed by atoms with van der Waals surface area (Å²) in [5.74, 6) is 0.895. The van der Waals surface area contributed by atoms with Gasteiger partial charge >= 0.3 is 0 Å². The number of ether oxygens (including phenoxy) is 1. The molecular weight excluding hydrogens is 264 g/mol. The number of hydrogen-bond acceptors (Lipinski definition) is 3. The average Bonchev–Trinajstić information content (AvgIpc) is 3.35. The molecule has 1 atom stereocenters. The van der Waals surface area contributed by atoms with Gasteiger partial charge in [0.15, 0.2) is 0 Å². The molecule has 21 heavy (non-hydrogen) atoms. The van der Waals surface area contributed by atoms with Gasteiger partial charge in [-0.3, -0.25) is 4.79 Å². The Morgan fingerprint density at radius 1 is 1.38 bits per heavy atom. The van der Waals surface area contributed by atoms with E-state index in [9.17, 15) is 4.79 Å². The van der Waals surface area contributed by atoms with Gasteiger partial charge in [0.05, 0.1) is 13.2 Å². The molecule has 0 aromatic heterocycles. The van der Waals surface area contributed by atoms with E-state index in [4.69, 9.17) is 4.74 Å². The minimum Gasteiger partial charge on any atom is -0.383 e. The zero-order chi connectivity index (χ0) is 14.7. The van der Waals surface area contributed by atoms with Gasteiger partial charge in [-0.05, 0) is 36.3 Å². The summed E-state index contributed by atoms with van der Waals surface area (Å²) in [5, 5.41) is 3.39. The van der Waals surface area contributed by atoms with Gasteiger partial charge in [0.2, 0.25) is 5.91 Å². The molecule has 0 spiro atoms. The molecule has 1 amide bonds. The first-order chi connectivity index (χ1) is 10.3. The third-order valence-electron chi connectivity index (χ3n) is 4.54. The van der Waals surface area contributed by atoms with Crippen LogP contribution in [0.3, 0.4) is 0 Å².